The Hall–Kier alpha value is -2.85. The molecule has 0 atom stereocenters. The van der Waals surface area contributed by atoms with Crippen molar-refractivity contribution in [1.29, 1.82) is 0 Å². The molecule has 0 unspecified atom stereocenters. The lowest BCUT2D eigenvalue weighted by molar-refractivity contribution is 0.104. The van der Waals surface area contributed by atoms with Crippen LogP contribution in [0.25, 0.3) is 28.1 Å². The van der Waals surface area contributed by atoms with Gasteiger partial charge < -0.3 is 4.98 Å². The number of pyridine rings is 1. The molecule has 30 heavy (non-hydrogen) atoms. The van der Waals surface area contributed by atoms with Gasteiger partial charge in [0.05, 0.1) is 15.6 Å². The zero-order valence-electron chi connectivity index (χ0n) is 15.5. The van der Waals surface area contributed by atoms with Crippen LogP contribution in [0, 0.1) is 0 Å². The SMILES string of the molecule is O=C(C=Cc1cccc(Cl)c1Cl)c1c(-c2ccccc2)c2cc(Cl)ccc2[nH]c1=O. The van der Waals surface area contributed by atoms with E-state index in [1.807, 2.05) is 30.3 Å². The van der Waals surface area contributed by atoms with Crippen LogP contribution in [0.1, 0.15) is 15.9 Å². The first-order chi connectivity index (χ1) is 14.5. The Bertz CT molecular complexity index is 1360. The second-order valence-corrected chi connectivity index (χ2v) is 7.82. The molecule has 1 N–H and O–H groups in total. The molecule has 0 fully saturated rings. The van der Waals surface area contributed by atoms with Gasteiger partial charge in [-0.15, -0.1) is 0 Å². The van der Waals surface area contributed by atoms with E-state index in [0.717, 1.165) is 5.56 Å². The van der Waals surface area contributed by atoms with Gasteiger partial charge in [0.25, 0.3) is 5.56 Å². The number of fused-ring (bicyclic) bond motifs is 1. The highest BCUT2D eigenvalue weighted by Gasteiger charge is 2.19. The highest BCUT2D eigenvalue weighted by atomic mass is 35.5. The number of allylic oxidation sites excluding steroid dienone is 1. The number of rotatable bonds is 4. The molecule has 1 aromatic heterocycles. The monoisotopic (exact) mass is 453 g/mol. The van der Waals surface area contributed by atoms with Crippen molar-refractivity contribution in [3.8, 4) is 11.1 Å². The number of benzene rings is 3. The van der Waals surface area contributed by atoms with Gasteiger partial charge in [-0.3, -0.25) is 9.59 Å². The minimum Gasteiger partial charge on any atom is -0.321 e. The largest absolute Gasteiger partial charge is 0.321 e. The summed E-state index contributed by atoms with van der Waals surface area (Å²) in [5, 5.41) is 1.91. The van der Waals surface area contributed by atoms with E-state index in [1.54, 1.807) is 42.5 Å². The molecule has 3 nitrogen and oxygen atoms in total. The van der Waals surface area contributed by atoms with E-state index < -0.39 is 11.3 Å². The van der Waals surface area contributed by atoms with Crippen molar-refractivity contribution in [2.45, 2.75) is 0 Å². The number of hydrogen-bond acceptors (Lipinski definition) is 2. The van der Waals surface area contributed by atoms with Crippen LogP contribution in [-0.4, -0.2) is 10.8 Å². The molecule has 148 valence electrons. The van der Waals surface area contributed by atoms with E-state index in [-0.39, 0.29) is 5.56 Å². The van der Waals surface area contributed by atoms with Crippen LogP contribution < -0.4 is 5.56 Å². The first-order valence-electron chi connectivity index (χ1n) is 9.03. The molecule has 6 heteroatoms. The maximum absolute atomic E-state index is 13.1. The maximum atomic E-state index is 13.1. The fraction of sp³-hybridized carbons (Fsp3) is 0. The average molecular weight is 455 g/mol. The molecule has 3 aromatic carbocycles. The zero-order valence-corrected chi connectivity index (χ0v) is 17.7. The van der Waals surface area contributed by atoms with Crippen LogP contribution in [0.3, 0.4) is 0 Å². The molecule has 0 spiro atoms. The molecule has 1 heterocycles. The Morgan fingerprint density at radius 3 is 2.43 bits per heavy atom. The van der Waals surface area contributed by atoms with Crippen LogP contribution in [0.5, 0.6) is 0 Å². The Balaban J connectivity index is 1.93. The van der Waals surface area contributed by atoms with Crippen LogP contribution >= 0.6 is 34.8 Å². The molecular formula is C24H14Cl3NO2. The molecule has 0 amide bonds. The molecule has 0 aliphatic rings. The quantitative estimate of drug-likeness (QED) is 0.265. The molecular weight excluding hydrogens is 441 g/mol. The Kier molecular flexibility index (Phi) is 5.78. The van der Waals surface area contributed by atoms with Crippen LogP contribution in [0.4, 0.5) is 0 Å². The number of aromatic amines is 1. The molecule has 0 bridgehead atoms. The van der Waals surface area contributed by atoms with Gasteiger partial charge in [-0.1, -0.05) is 77.3 Å². The standard InChI is InChI=1S/C24H14Cl3NO2/c25-16-10-11-19-17(13-16)21(14-5-2-1-3-6-14)22(24(30)28-19)20(29)12-9-15-7-4-8-18(26)23(15)27/h1-13H,(H,28,30). The second-order valence-electron chi connectivity index (χ2n) is 6.60. The normalized spacial score (nSPS) is 11.3. The van der Waals surface area contributed by atoms with Crippen LogP contribution in [0.2, 0.25) is 15.1 Å². The summed E-state index contributed by atoms with van der Waals surface area (Å²) in [5.74, 6) is -0.451. The Labute approximate surface area is 187 Å². The smallest absolute Gasteiger partial charge is 0.260 e. The third-order valence-electron chi connectivity index (χ3n) is 4.68. The summed E-state index contributed by atoms with van der Waals surface area (Å²) < 4.78 is 0. The van der Waals surface area contributed by atoms with Gasteiger partial charge in [-0.05, 0) is 47.5 Å². The highest BCUT2D eigenvalue weighted by molar-refractivity contribution is 6.43. The van der Waals surface area contributed by atoms with Crippen molar-refractivity contribution in [3.63, 3.8) is 0 Å². The lowest BCUT2D eigenvalue weighted by atomic mass is 9.94. The van der Waals surface area contributed by atoms with Gasteiger partial charge >= 0.3 is 0 Å². The predicted molar refractivity (Wildman–Crippen MR) is 125 cm³/mol. The van der Waals surface area contributed by atoms with E-state index in [4.69, 9.17) is 34.8 Å². The average Bonchev–Trinajstić information content (AvgIpc) is 2.74. The molecule has 4 aromatic rings. The minimum absolute atomic E-state index is 0.0327. The Morgan fingerprint density at radius 2 is 1.67 bits per heavy atom. The number of aromatic nitrogens is 1. The van der Waals surface area contributed by atoms with Crippen molar-refractivity contribution in [3.05, 3.63) is 109 Å². The van der Waals surface area contributed by atoms with E-state index in [9.17, 15) is 9.59 Å². The summed E-state index contributed by atoms with van der Waals surface area (Å²) >= 11 is 18.4. The van der Waals surface area contributed by atoms with E-state index >= 15 is 0 Å². The summed E-state index contributed by atoms with van der Waals surface area (Å²) in [6.45, 7) is 0. The number of nitrogens with one attached hydrogen (secondary N) is 1. The third-order valence-corrected chi connectivity index (χ3v) is 5.75. The molecule has 0 radical (unpaired) electrons. The van der Waals surface area contributed by atoms with Crippen molar-refractivity contribution in [2.24, 2.45) is 0 Å². The second kappa shape index (κ2) is 8.49. The van der Waals surface area contributed by atoms with Crippen molar-refractivity contribution < 1.29 is 4.79 Å². The summed E-state index contributed by atoms with van der Waals surface area (Å²) in [7, 11) is 0. The molecule has 0 aliphatic heterocycles. The van der Waals surface area contributed by atoms with Gasteiger partial charge in [0.2, 0.25) is 0 Å². The number of hydrogen-bond donors (Lipinski definition) is 1. The van der Waals surface area contributed by atoms with Gasteiger partial charge in [-0.2, -0.15) is 0 Å². The maximum Gasteiger partial charge on any atom is 0.260 e. The van der Waals surface area contributed by atoms with Gasteiger partial charge in [0.15, 0.2) is 5.78 Å². The number of carbonyl (C=O) groups excluding carboxylic acids is 1. The first-order valence-corrected chi connectivity index (χ1v) is 10.2. The molecule has 0 aliphatic carbocycles. The number of carbonyl (C=O) groups is 1. The summed E-state index contributed by atoms with van der Waals surface area (Å²) in [5.41, 5.74) is 2.01. The molecule has 0 saturated heterocycles. The van der Waals surface area contributed by atoms with Crippen molar-refractivity contribution >= 4 is 57.6 Å². The first kappa shape index (κ1) is 20.4. The van der Waals surface area contributed by atoms with E-state index in [2.05, 4.69) is 4.98 Å². The lowest BCUT2D eigenvalue weighted by Gasteiger charge is -2.12. The lowest BCUT2D eigenvalue weighted by Crippen LogP contribution is -2.18. The fourth-order valence-corrected chi connectivity index (χ4v) is 3.85. The number of ketones is 1. The van der Waals surface area contributed by atoms with Crippen LogP contribution in [-0.2, 0) is 0 Å². The van der Waals surface area contributed by atoms with Crippen molar-refractivity contribution in [1.82, 2.24) is 4.98 Å². The van der Waals surface area contributed by atoms with Crippen molar-refractivity contribution in [2.75, 3.05) is 0 Å². The Morgan fingerprint density at radius 1 is 0.900 bits per heavy atom. The van der Waals surface area contributed by atoms with E-state index in [0.29, 0.717) is 37.1 Å². The number of halogens is 3. The zero-order chi connectivity index (χ0) is 21.3. The van der Waals surface area contributed by atoms with Gasteiger partial charge in [0, 0.05) is 21.5 Å². The summed E-state index contributed by atoms with van der Waals surface area (Å²) in [4.78, 5) is 28.8. The van der Waals surface area contributed by atoms with E-state index in [1.165, 1.54) is 6.08 Å². The fourth-order valence-electron chi connectivity index (χ4n) is 3.30. The summed E-state index contributed by atoms with van der Waals surface area (Å²) in [6.07, 6.45) is 2.87. The topological polar surface area (TPSA) is 49.9 Å². The highest BCUT2D eigenvalue weighted by Crippen LogP contribution is 2.32. The summed E-state index contributed by atoms with van der Waals surface area (Å²) in [6, 6.07) is 19.6. The van der Waals surface area contributed by atoms with Gasteiger partial charge in [0.1, 0.15) is 0 Å². The third kappa shape index (κ3) is 3.92. The predicted octanol–water partition coefficient (Wildman–Crippen LogP) is 7.05. The molecule has 0 saturated carbocycles. The van der Waals surface area contributed by atoms with Gasteiger partial charge in [-0.25, -0.2) is 0 Å². The minimum atomic E-state index is -0.476. The molecule has 4 rings (SSSR count). The van der Waals surface area contributed by atoms with Crippen LogP contribution in [0.15, 0.2) is 77.6 Å². The number of H-pyrrole nitrogens is 1.